The number of nitrogens with one attached hydrogen (secondary N) is 1. The number of H-pyrrole nitrogens is 1. The maximum absolute atomic E-state index is 8.93. The molecule has 3 heteroatoms. The molecule has 0 bridgehead atoms. The third-order valence-electron chi connectivity index (χ3n) is 2.40. The number of hydrogen-bond donors (Lipinski definition) is 3. The van der Waals surface area contributed by atoms with Crippen molar-refractivity contribution in [1.29, 1.82) is 0 Å². The predicted octanol–water partition coefficient (Wildman–Crippen LogP) is 1.47. The molecule has 2 rings (SSSR count). The third kappa shape index (κ3) is 1.52. The highest BCUT2D eigenvalue weighted by Crippen LogP contribution is 2.19. The van der Waals surface area contributed by atoms with Crippen molar-refractivity contribution in [3.05, 3.63) is 35.5 Å². The van der Waals surface area contributed by atoms with Crippen LogP contribution in [0.25, 0.3) is 10.9 Å². The second kappa shape index (κ2) is 3.44. The smallest absolute Gasteiger partial charge is 0.0624 e. The maximum Gasteiger partial charge on any atom is 0.0624 e. The van der Waals surface area contributed by atoms with Crippen molar-refractivity contribution < 1.29 is 5.11 Å². The van der Waals surface area contributed by atoms with Crippen molar-refractivity contribution >= 4 is 10.9 Å². The highest BCUT2D eigenvalue weighted by atomic mass is 16.3. The van der Waals surface area contributed by atoms with Gasteiger partial charge >= 0.3 is 0 Å². The van der Waals surface area contributed by atoms with Gasteiger partial charge in [0.2, 0.25) is 0 Å². The van der Waals surface area contributed by atoms with Gasteiger partial charge in [0, 0.05) is 11.2 Å². The molecule has 1 heterocycles. The first kappa shape index (κ1) is 9.24. The van der Waals surface area contributed by atoms with Crippen molar-refractivity contribution in [3.63, 3.8) is 0 Å². The lowest BCUT2D eigenvalue weighted by atomic mass is 10.1. The quantitative estimate of drug-likeness (QED) is 0.671. The summed E-state index contributed by atoms with van der Waals surface area (Å²) >= 11 is 0. The van der Waals surface area contributed by atoms with Gasteiger partial charge in [-0.3, -0.25) is 0 Å². The van der Waals surface area contributed by atoms with E-state index in [1.54, 1.807) is 0 Å². The van der Waals surface area contributed by atoms with E-state index >= 15 is 0 Å². The molecule has 0 aliphatic heterocycles. The van der Waals surface area contributed by atoms with E-state index in [9.17, 15) is 0 Å². The van der Waals surface area contributed by atoms with Gasteiger partial charge in [-0.15, -0.1) is 0 Å². The number of rotatable bonds is 2. The van der Waals surface area contributed by atoms with Crippen LogP contribution in [-0.4, -0.2) is 16.7 Å². The van der Waals surface area contributed by atoms with E-state index in [-0.39, 0.29) is 12.6 Å². The summed E-state index contributed by atoms with van der Waals surface area (Å²) in [6.45, 7) is 2.00. The Labute approximate surface area is 82.6 Å². The zero-order valence-corrected chi connectivity index (χ0v) is 8.12. The Morgan fingerprint density at radius 2 is 2.21 bits per heavy atom. The van der Waals surface area contributed by atoms with E-state index in [0.717, 1.165) is 22.2 Å². The standard InChI is InChI=1S/C11H14N2O/c1-7-4-9-5-8(10(12)6-14)2-3-11(9)13-7/h2-5,10,13-14H,6,12H2,1H3. The fourth-order valence-electron chi connectivity index (χ4n) is 1.63. The average Bonchev–Trinajstić information content (AvgIpc) is 2.55. The summed E-state index contributed by atoms with van der Waals surface area (Å²) in [4.78, 5) is 3.24. The average molecular weight is 190 g/mol. The molecule has 4 N–H and O–H groups in total. The zero-order chi connectivity index (χ0) is 10.1. The summed E-state index contributed by atoms with van der Waals surface area (Å²) in [5, 5.41) is 10.1. The van der Waals surface area contributed by atoms with Crippen molar-refractivity contribution in [2.75, 3.05) is 6.61 Å². The van der Waals surface area contributed by atoms with Gasteiger partial charge in [0.25, 0.3) is 0 Å². The molecule has 1 atom stereocenters. The minimum Gasteiger partial charge on any atom is -0.394 e. The Balaban J connectivity index is 2.50. The molecule has 0 fully saturated rings. The number of aryl methyl sites for hydroxylation is 1. The monoisotopic (exact) mass is 190 g/mol. The highest BCUT2D eigenvalue weighted by Gasteiger charge is 2.05. The summed E-state index contributed by atoms with van der Waals surface area (Å²) in [6.07, 6.45) is 0. The fraction of sp³-hybridized carbons (Fsp3) is 0.273. The maximum atomic E-state index is 8.93. The Morgan fingerprint density at radius 1 is 1.43 bits per heavy atom. The SMILES string of the molecule is Cc1cc2cc(C(N)CO)ccc2[nH]1. The van der Waals surface area contributed by atoms with Crippen LogP contribution in [-0.2, 0) is 0 Å². The highest BCUT2D eigenvalue weighted by molar-refractivity contribution is 5.81. The summed E-state index contributed by atoms with van der Waals surface area (Å²) in [6, 6.07) is 7.74. The van der Waals surface area contributed by atoms with E-state index in [0.29, 0.717) is 0 Å². The lowest BCUT2D eigenvalue weighted by Gasteiger charge is -2.07. The molecule has 0 saturated carbocycles. The first-order valence-electron chi connectivity index (χ1n) is 4.66. The third-order valence-corrected chi connectivity index (χ3v) is 2.40. The van der Waals surface area contributed by atoms with Crippen molar-refractivity contribution in [3.8, 4) is 0 Å². The summed E-state index contributed by atoms with van der Waals surface area (Å²) in [5.41, 5.74) is 8.94. The number of aromatic nitrogens is 1. The van der Waals surface area contributed by atoms with E-state index in [1.165, 1.54) is 0 Å². The molecule has 74 valence electrons. The van der Waals surface area contributed by atoms with Gasteiger partial charge in [-0.05, 0) is 36.1 Å². The van der Waals surface area contributed by atoms with Gasteiger partial charge in [-0.25, -0.2) is 0 Å². The molecule has 0 spiro atoms. The minimum atomic E-state index is -0.283. The second-order valence-corrected chi connectivity index (χ2v) is 3.59. The van der Waals surface area contributed by atoms with E-state index in [1.807, 2.05) is 25.1 Å². The Kier molecular flexibility index (Phi) is 2.27. The number of nitrogens with two attached hydrogens (primary N) is 1. The van der Waals surface area contributed by atoms with Crippen LogP contribution in [0.1, 0.15) is 17.3 Å². The molecule has 0 aliphatic carbocycles. The van der Waals surface area contributed by atoms with E-state index < -0.39 is 0 Å². The Hall–Kier alpha value is -1.32. The molecule has 1 aromatic carbocycles. The summed E-state index contributed by atoms with van der Waals surface area (Å²) in [7, 11) is 0. The van der Waals surface area contributed by atoms with E-state index in [2.05, 4.69) is 11.1 Å². The van der Waals surface area contributed by atoms with Crippen LogP contribution >= 0.6 is 0 Å². The van der Waals surface area contributed by atoms with Crippen LogP contribution < -0.4 is 5.73 Å². The van der Waals surface area contributed by atoms with Gasteiger partial charge < -0.3 is 15.8 Å². The van der Waals surface area contributed by atoms with Gasteiger partial charge in [0.05, 0.1) is 12.6 Å². The Bertz CT molecular complexity index is 447. The number of aliphatic hydroxyl groups excluding tert-OH is 1. The summed E-state index contributed by atoms with van der Waals surface area (Å²) in [5.74, 6) is 0. The van der Waals surface area contributed by atoms with Crippen LogP contribution in [0.4, 0.5) is 0 Å². The second-order valence-electron chi connectivity index (χ2n) is 3.59. The predicted molar refractivity (Wildman–Crippen MR) is 57.0 cm³/mol. The number of fused-ring (bicyclic) bond motifs is 1. The first-order chi connectivity index (χ1) is 6.70. The number of benzene rings is 1. The first-order valence-corrected chi connectivity index (χ1v) is 4.66. The molecular formula is C11H14N2O. The topological polar surface area (TPSA) is 62.0 Å². The van der Waals surface area contributed by atoms with Crippen molar-refractivity contribution in [2.24, 2.45) is 5.73 Å². The molecule has 0 radical (unpaired) electrons. The van der Waals surface area contributed by atoms with Crippen molar-refractivity contribution in [2.45, 2.75) is 13.0 Å². The van der Waals surface area contributed by atoms with Crippen LogP contribution in [0.3, 0.4) is 0 Å². The normalized spacial score (nSPS) is 13.4. The lowest BCUT2D eigenvalue weighted by Crippen LogP contribution is -2.14. The number of aliphatic hydroxyl groups is 1. The molecule has 14 heavy (non-hydrogen) atoms. The minimum absolute atomic E-state index is 0.0189. The van der Waals surface area contributed by atoms with Gasteiger partial charge in [-0.1, -0.05) is 6.07 Å². The fourth-order valence-corrected chi connectivity index (χ4v) is 1.63. The summed E-state index contributed by atoms with van der Waals surface area (Å²) < 4.78 is 0. The lowest BCUT2D eigenvalue weighted by molar-refractivity contribution is 0.268. The van der Waals surface area contributed by atoms with Crippen LogP contribution in [0.15, 0.2) is 24.3 Å². The molecule has 3 nitrogen and oxygen atoms in total. The molecular weight excluding hydrogens is 176 g/mol. The number of hydrogen-bond acceptors (Lipinski definition) is 2. The van der Waals surface area contributed by atoms with Crippen LogP contribution in [0.2, 0.25) is 0 Å². The zero-order valence-electron chi connectivity index (χ0n) is 8.12. The molecule has 2 aromatic rings. The van der Waals surface area contributed by atoms with Crippen LogP contribution in [0.5, 0.6) is 0 Å². The number of aromatic amines is 1. The Morgan fingerprint density at radius 3 is 2.93 bits per heavy atom. The van der Waals surface area contributed by atoms with Gasteiger partial charge in [0.15, 0.2) is 0 Å². The van der Waals surface area contributed by atoms with Crippen molar-refractivity contribution in [1.82, 2.24) is 4.98 Å². The molecule has 0 amide bonds. The molecule has 1 unspecified atom stereocenters. The van der Waals surface area contributed by atoms with Gasteiger partial charge in [-0.2, -0.15) is 0 Å². The molecule has 0 aliphatic rings. The van der Waals surface area contributed by atoms with E-state index in [4.69, 9.17) is 10.8 Å². The van der Waals surface area contributed by atoms with Crippen LogP contribution in [0, 0.1) is 6.92 Å². The molecule has 1 aromatic heterocycles. The van der Waals surface area contributed by atoms with Gasteiger partial charge in [0.1, 0.15) is 0 Å². The molecule has 0 saturated heterocycles. The largest absolute Gasteiger partial charge is 0.394 e.